The van der Waals surface area contributed by atoms with Gasteiger partial charge < -0.3 is 9.55 Å². The van der Waals surface area contributed by atoms with E-state index in [1.54, 1.807) is 11.8 Å². The van der Waals surface area contributed by atoms with Gasteiger partial charge in [-0.25, -0.2) is 9.97 Å². The number of fused-ring (bicyclic) bond motifs is 2. The zero-order valence-electron chi connectivity index (χ0n) is 14.7. The molecule has 0 aliphatic carbocycles. The molecular formula is C19H20N4OS2. The smallest absolute Gasteiger partial charge is 0.268 e. The molecule has 5 nitrogen and oxygen atoms in total. The summed E-state index contributed by atoms with van der Waals surface area (Å²) in [6.07, 6.45) is 1.10. The SMILES string of the molecule is CC(C)CCn1c(SCc2nc3ccsc3c(=O)[nH]2)nc2ccccc21. The minimum Gasteiger partial charge on any atom is -0.319 e. The highest BCUT2D eigenvalue weighted by Gasteiger charge is 2.13. The average molecular weight is 385 g/mol. The second kappa shape index (κ2) is 7.25. The van der Waals surface area contributed by atoms with Gasteiger partial charge in [-0.1, -0.05) is 37.7 Å². The van der Waals surface area contributed by atoms with E-state index in [-0.39, 0.29) is 5.56 Å². The number of aromatic amines is 1. The number of thiophene rings is 1. The number of hydrogen-bond donors (Lipinski definition) is 1. The van der Waals surface area contributed by atoms with Crippen molar-refractivity contribution in [3.8, 4) is 0 Å². The van der Waals surface area contributed by atoms with Crippen molar-refractivity contribution >= 4 is 44.3 Å². The summed E-state index contributed by atoms with van der Waals surface area (Å²) in [5, 5.41) is 2.87. The maximum absolute atomic E-state index is 12.1. The van der Waals surface area contributed by atoms with Crippen LogP contribution in [0.25, 0.3) is 21.3 Å². The van der Waals surface area contributed by atoms with Gasteiger partial charge in [-0.2, -0.15) is 0 Å². The lowest BCUT2D eigenvalue weighted by Crippen LogP contribution is -2.10. The van der Waals surface area contributed by atoms with Crippen LogP contribution in [-0.2, 0) is 12.3 Å². The van der Waals surface area contributed by atoms with Gasteiger partial charge in [0.25, 0.3) is 5.56 Å². The van der Waals surface area contributed by atoms with Crippen LogP contribution >= 0.6 is 23.1 Å². The molecule has 0 saturated carbocycles. The van der Waals surface area contributed by atoms with Crippen LogP contribution in [0.4, 0.5) is 0 Å². The Morgan fingerprint density at radius 3 is 2.88 bits per heavy atom. The third kappa shape index (κ3) is 3.41. The molecule has 4 rings (SSSR count). The number of aryl methyl sites for hydroxylation is 1. The number of para-hydroxylation sites is 2. The first-order valence-electron chi connectivity index (χ1n) is 8.66. The highest BCUT2D eigenvalue weighted by atomic mass is 32.2. The lowest BCUT2D eigenvalue weighted by molar-refractivity contribution is 0.503. The van der Waals surface area contributed by atoms with Gasteiger partial charge in [-0.05, 0) is 35.9 Å². The van der Waals surface area contributed by atoms with E-state index in [1.165, 1.54) is 11.3 Å². The Kier molecular flexibility index (Phi) is 4.82. The van der Waals surface area contributed by atoms with Crippen LogP contribution < -0.4 is 5.56 Å². The van der Waals surface area contributed by atoms with Crippen LogP contribution in [0.5, 0.6) is 0 Å². The highest BCUT2D eigenvalue weighted by molar-refractivity contribution is 7.98. The molecule has 0 bridgehead atoms. The van der Waals surface area contributed by atoms with Crippen molar-refractivity contribution in [3.05, 3.63) is 51.9 Å². The van der Waals surface area contributed by atoms with Crippen molar-refractivity contribution in [1.82, 2.24) is 19.5 Å². The minimum atomic E-state index is -0.0612. The van der Waals surface area contributed by atoms with Crippen molar-refractivity contribution in [2.45, 2.75) is 37.7 Å². The van der Waals surface area contributed by atoms with E-state index in [2.05, 4.69) is 34.4 Å². The van der Waals surface area contributed by atoms with Gasteiger partial charge in [0.05, 0.1) is 22.3 Å². The number of thioether (sulfide) groups is 1. The van der Waals surface area contributed by atoms with Gasteiger partial charge in [0.15, 0.2) is 5.16 Å². The number of nitrogens with one attached hydrogen (secondary N) is 1. The molecule has 0 atom stereocenters. The first kappa shape index (κ1) is 17.3. The number of nitrogens with zero attached hydrogens (tertiary/aromatic N) is 3. The van der Waals surface area contributed by atoms with Gasteiger partial charge in [0.1, 0.15) is 10.5 Å². The molecular weight excluding hydrogens is 364 g/mol. The van der Waals surface area contributed by atoms with Crippen LogP contribution in [0.1, 0.15) is 26.1 Å². The van der Waals surface area contributed by atoms with Gasteiger partial charge >= 0.3 is 0 Å². The predicted octanol–water partition coefficient (Wildman–Crippen LogP) is 4.67. The number of aromatic nitrogens is 4. The molecule has 0 aliphatic heterocycles. The third-order valence-electron chi connectivity index (χ3n) is 4.25. The summed E-state index contributed by atoms with van der Waals surface area (Å²) < 4.78 is 2.96. The fourth-order valence-electron chi connectivity index (χ4n) is 2.89. The molecule has 0 aliphatic rings. The molecule has 0 saturated heterocycles. The summed E-state index contributed by atoms with van der Waals surface area (Å²) in [6, 6.07) is 10.1. The molecule has 0 radical (unpaired) electrons. The highest BCUT2D eigenvalue weighted by Crippen LogP contribution is 2.27. The standard InChI is InChI=1S/C19H20N4OS2/c1-12(2)7-9-23-15-6-4-3-5-13(15)21-19(23)26-11-16-20-14-8-10-25-17(14)18(24)22-16/h3-6,8,10,12H,7,9,11H2,1-2H3,(H,20,22,24). The van der Waals surface area contributed by atoms with Crippen LogP contribution in [0, 0.1) is 5.92 Å². The second-order valence-electron chi connectivity index (χ2n) is 6.65. The van der Waals surface area contributed by atoms with Crippen molar-refractivity contribution in [1.29, 1.82) is 0 Å². The fourth-order valence-corrected chi connectivity index (χ4v) is 4.53. The molecule has 1 aromatic carbocycles. The van der Waals surface area contributed by atoms with Gasteiger partial charge in [0.2, 0.25) is 0 Å². The normalized spacial score (nSPS) is 11.8. The molecule has 0 amide bonds. The summed E-state index contributed by atoms with van der Waals surface area (Å²) in [5.41, 5.74) is 2.87. The zero-order valence-corrected chi connectivity index (χ0v) is 16.4. The summed E-state index contributed by atoms with van der Waals surface area (Å²) in [7, 11) is 0. The van der Waals surface area contributed by atoms with Gasteiger partial charge in [0, 0.05) is 6.54 Å². The van der Waals surface area contributed by atoms with E-state index in [1.807, 2.05) is 29.6 Å². The van der Waals surface area contributed by atoms with E-state index >= 15 is 0 Å². The van der Waals surface area contributed by atoms with E-state index in [4.69, 9.17) is 4.98 Å². The third-order valence-corrected chi connectivity index (χ3v) is 6.14. The molecule has 0 fully saturated rings. The van der Waals surface area contributed by atoms with Crippen molar-refractivity contribution in [3.63, 3.8) is 0 Å². The number of benzene rings is 1. The molecule has 3 heterocycles. The molecule has 3 aromatic heterocycles. The minimum absolute atomic E-state index is 0.0612. The van der Waals surface area contributed by atoms with Crippen LogP contribution in [0.3, 0.4) is 0 Å². The van der Waals surface area contributed by atoms with Gasteiger partial charge in [-0.15, -0.1) is 11.3 Å². The summed E-state index contributed by atoms with van der Waals surface area (Å²) in [5.74, 6) is 1.91. The Hall–Kier alpha value is -2.12. The first-order chi connectivity index (χ1) is 12.6. The second-order valence-corrected chi connectivity index (χ2v) is 8.51. The summed E-state index contributed by atoms with van der Waals surface area (Å²) in [4.78, 5) is 24.4. The fraction of sp³-hybridized carbons (Fsp3) is 0.316. The summed E-state index contributed by atoms with van der Waals surface area (Å²) >= 11 is 3.04. The maximum atomic E-state index is 12.1. The summed E-state index contributed by atoms with van der Waals surface area (Å²) in [6.45, 7) is 5.40. The Bertz CT molecular complexity index is 1110. The quantitative estimate of drug-likeness (QED) is 0.491. The Morgan fingerprint density at radius 1 is 1.19 bits per heavy atom. The molecule has 7 heteroatoms. The Labute approximate surface area is 159 Å². The zero-order chi connectivity index (χ0) is 18.1. The van der Waals surface area contributed by atoms with Crippen LogP contribution in [0.15, 0.2) is 45.7 Å². The van der Waals surface area contributed by atoms with Gasteiger partial charge in [-0.3, -0.25) is 4.79 Å². The average Bonchev–Trinajstić information content (AvgIpc) is 3.22. The van der Waals surface area contributed by atoms with E-state index in [9.17, 15) is 4.79 Å². The molecule has 26 heavy (non-hydrogen) atoms. The Balaban J connectivity index is 1.63. The maximum Gasteiger partial charge on any atom is 0.268 e. The van der Waals surface area contributed by atoms with Crippen molar-refractivity contribution < 1.29 is 0 Å². The van der Waals surface area contributed by atoms with Crippen molar-refractivity contribution in [2.24, 2.45) is 5.92 Å². The number of hydrogen-bond acceptors (Lipinski definition) is 5. The molecule has 0 unspecified atom stereocenters. The Morgan fingerprint density at radius 2 is 2.04 bits per heavy atom. The van der Waals surface area contributed by atoms with E-state index in [0.717, 1.165) is 34.7 Å². The molecule has 0 spiro atoms. The van der Waals surface area contributed by atoms with E-state index in [0.29, 0.717) is 22.2 Å². The first-order valence-corrected chi connectivity index (χ1v) is 10.5. The number of rotatable bonds is 6. The van der Waals surface area contributed by atoms with E-state index < -0.39 is 0 Å². The van der Waals surface area contributed by atoms with Crippen LogP contribution in [-0.4, -0.2) is 19.5 Å². The predicted molar refractivity (Wildman–Crippen MR) is 109 cm³/mol. The van der Waals surface area contributed by atoms with Crippen LogP contribution in [0.2, 0.25) is 0 Å². The number of imidazole rings is 1. The monoisotopic (exact) mass is 384 g/mol. The lowest BCUT2D eigenvalue weighted by Gasteiger charge is -2.10. The molecule has 4 aromatic rings. The lowest BCUT2D eigenvalue weighted by atomic mass is 10.1. The largest absolute Gasteiger partial charge is 0.319 e. The number of H-pyrrole nitrogens is 1. The molecule has 1 N–H and O–H groups in total. The molecule has 134 valence electrons. The topological polar surface area (TPSA) is 63.6 Å². The van der Waals surface area contributed by atoms with Crippen molar-refractivity contribution in [2.75, 3.05) is 0 Å².